The fraction of sp³-hybridized carbons (Fsp3) is 0.429. The average Bonchev–Trinajstić information content (AvgIpc) is 2.78. The van der Waals surface area contributed by atoms with Crippen molar-refractivity contribution >= 4 is 12.0 Å². The number of aromatic nitrogens is 1. The summed E-state index contributed by atoms with van der Waals surface area (Å²) in [6.07, 6.45) is 6.33. The maximum absolute atomic E-state index is 12.2. The number of fused-ring (bicyclic) bond motifs is 1. The predicted octanol–water partition coefficient (Wildman–Crippen LogP) is 1.84. The summed E-state index contributed by atoms with van der Waals surface area (Å²) in [4.78, 5) is 22.8. The Kier molecular flexibility index (Phi) is 3.65. The van der Waals surface area contributed by atoms with E-state index < -0.39 is 5.97 Å². The van der Waals surface area contributed by atoms with Gasteiger partial charge in [0, 0.05) is 23.9 Å². The molecule has 1 N–H and O–H groups in total. The lowest BCUT2D eigenvalue weighted by molar-refractivity contribution is -0.131. The molecule has 0 amide bonds. The van der Waals surface area contributed by atoms with Gasteiger partial charge in [0.25, 0.3) is 5.56 Å². The minimum atomic E-state index is -1.03. The van der Waals surface area contributed by atoms with Crippen LogP contribution in [0.25, 0.3) is 6.08 Å². The van der Waals surface area contributed by atoms with Gasteiger partial charge in [0.05, 0.1) is 0 Å². The van der Waals surface area contributed by atoms with Gasteiger partial charge in [-0.3, -0.25) is 4.79 Å². The van der Waals surface area contributed by atoms with Crippen LogP contribution in [0.1, 0.15) is 36.6 Å². The third-order valence-corrected chi connectivity index (χ3v) is 3.23. The first-order chi connectivity index (χ1) is 8.63. The van der Waals surface area contributed by atoms with E-state index in [4.69, 9.17) is 5.11 Å². The van der Waals surface area contributed by atoms with E-state index >= 15 is 0 Å². The minimum absolute atomic E-state index is 0.0741. The molecule has 1 aliphatic carbocycles. The van der Waals surface area contributed by atoms with Crippen molar-refractivity contribution in [3.63, 3.8) is 0 Å². The van der Waals surface area contributed by atoms with Crippen LogP contribution >= 0.6 is 0 Å². The number of hydrogen-bond donors (Lipinski definition) is 1. The van der Waals surface area contributed by atoms with Gasteiger partial charge in [-0.2, -0.15) is 0 Å². The van der Waals surface area contributed by atoms with Crippen LogP contribution in [0.4, 0.5) is 0 Å². The first-order valence-electron chi connectivity index (χ1n) is 6.30. The zero-order valence-corrected chi connectivity index (χ0v) is 10.5. The van der Waals surface area contributed by atoms with Crippen molar-refractivity contribution < 1.29 is 9.90 Å². The number of pyridine rings is 1. The topological polar surface area (TPSA) is 59.3 Å². The zero-order valence-electron chi connectivity index (χ0n) is 10.5. The number of aliphatic carboxylic acids is 1. The van der Waals surface area contributed by atoms with Gasteiger partial charge in [0.2, 0.25) is 0 Å². The van der Waals surface area contributed by atoms with E-state index in [1.807, 2.05) is 17.6 Å². The summed E-state index contributed by atoms with van der Waals surface area (Å²) in [5.74, 6) is -1.03. The van der Waals surface area contributed by atoms with Gasteiger partial charge >= 0.3 is 5.97 Å². The molecule has 4 nitrogen and oxygen atoms in total. The first-order valence-corrected chi connectivity index (χ1v) is 6.30. The quantitative estimate of drug-likeness (QED) is 0.826. The highest BCUT2D eigenvalue weighted by molar-refractivity contribution is 5.85. The summed E-state index contributed by atoms with van der Waals surface area (Å²) in [7, 11) is 0. The SMILES string of the molecule is CCCn1c2c(cc(/C=C/C(=O)O)c1=O)CCC2. The lowest BCUT2D eigenvalue weighted by Gasteiger charge is -2.12. The van der Waals surface area contributed by atoms with E-state index in [0.717, 1.165) is 37.5 Å². The van der Waals surface area contributed by atoms with Crippen molar-refractivity contribution in [2.45, 2.75) is 39.2 Å². The fourth-order valence-electron chi connectivity index (χ4n) is 2.48. The molecule has 96 valence electrons. The van der Waals surface area contributed by atoms with Gasteiger partial charge in [-0.1, -0.05) is 6.92 Å². The van der Waals surface area contributed by atoms with Gasteiger partial charge in [0.1, 0.15) is 0 Å². The molecule has 1 aliphatic rings. The third-order valence-electron chi connectivity index (χ3n) is 3.23. The van der Waals surface area contributed by atoms with E-state index in [-0.39, 0.29) is 5.56 Å². The highest BCUT2D eigenvalue weighted by Gasteiger charge is 2.17. The average molecular weight is 247 g/mol. The van der Waals surface area contributed by atoms with Gasteiger partial charge in [0.15, 0.2) is 0 Å². The number of carboxylic acids is 1. The zero-order chi connectivity index (χ0) is 13.1. The molecule has 0 atom stereocenters. The van der Waals surface area contributed by atoms with Crippen LogP contribution in [0.3, 0.4) is 0 Å². The molecular formula is C14H17NO3. The highest BCUT2D eigenvalue weighted by atomic mass is 16.4. The molecule has 0 fully saturated rings. The Bertz CT molecular complexity index is 555. The Morgan fingerprint density at radius 3 is 2.94 bits per heavy atom. The maximum atomic E-state index is 12.2. The van der Waals surface area contributed by atoms with Gasteiger partial charge < -0.3 is 9.67 Å². The van der Waals surface area contributed by atoms with Crippen molar-refractivity contribution in [2.24, 2.45) is 0 Å². The third kappa shape index (κ3) is 2.37. The second-order valence-corrected chi connectivity index (χ2v) is 4.55. The molecular weight excluding hydrogens is 230 g/mol. The van der Waals surface area contributed by atoms with Crippen molar-refractivity contribution in [1.29, 1.82) is 0 Å². The second-order valence-electron chi connectivity index (χ2n) is 4.55. The summed E-state index contributed by atoms with van der Waals surface area (Å²) in [6.45, 7) is 2.74. The number of carboxylic acid groups (broad SMARTS) is 1. The number of carbonyl (C=O) groups is 1. The normalized spacial score (nSPS) is 14.1. The molecule has 1 heterocycles. The van der Waals surface area contributed by atoms with Crippen molar-refractivity contribution in [3.05, 3.63) is 39.3 Å². The van der Waals surface area contributed by atoms with Gasteiger partial charge in [-0.25, -0.2) is 4.79 Å². The molecule has 0 radical (unpaired) electrons. The van der Waals surface area contributed by atoms with Crippen molar-refractivity contribution in [2.75, 3.05) is 0 Å². The van der Waals surface area contributed by atoms with Gasteiger partial charge in [-0.05, 0) is 43.4 Å². The monoisotopic (exact) mass is 247 g/mol. The van der Waals surface area contributed by atoms with Crippen LogP contribution in [0, 0.1) is 0 Å². The highest BCUT2D eigenvalue weighted by Crippen LogP contribution is 2.21. The molecule has 0 aliphatic heterocycles. The van der Waals surface area contributed by atoms with E-state index in [2.05, 4.69) is 0 Å². The Hall–Kier alpha value is -1.84. The van der Waals surface area contributed by atoms with Crippen molar-refractivity contribution in [3.8, 4) is 0 Å². The van der Waals surface area contributed by atoms with Crippen LogP contribution in [0.5, 0.6) is 0 Å². The summed E-state index contributed by atoms with van der Waals surface area (Å²) in [6, 6.07) is 1.84. The van der Waals surface area contributed by atoms with E-state index in [0.29, 0.717) is 12.1 Å². The standard InChI is InChI=1S/C14H17NO3/c1-2-8-15-12-5-3-4-10(12)9-11(14(15)18)6-7-13(16)17/h6-7,9H,2-5,8H2,1H3,(H,16,17)/b7-6+. The smallest absolute Gasteiger partial charge is 0.328 e. The minimum Gasteiger partial charge on any atom is -0.478 e. The number of nitrogens with zero attached hydrogens (tertiary/aromatic N) is 1. The number of aryl methyl sites for hydroxylation is 1. The second kappa shape index (κ2) is 5.21. The molecule has 18 heavy (non-hydrogen) atoms. The Balaban J connectivity index is 2.52. The molecule has 0 spiro atoms. The molecule has 0 aromatic carbocycles. The Morgan fingerprint density at radius 1 is 1.50 bits per heavy atom. The van der Waals surface area contributed by atoms with Gasteiger partial charge in [-0.15, -0.1) is 0 Å². The number of hydrogen-bond acceptors (Lipinski definition) is 2. The van der Waals surface area contributed by atoms with Crippen LogP contribution in [0.2, 0.25) is 0 Å². The summed E-state index contributed by atoms with van der Waals surface area (Å²) >= 11 is 0. The van der Waals surface area contributed by atoms with E-state index in [1.54, 1.807) is 0 Å². The van der Waals surface area contributed by atoms with Crippen LogP contribution in [-0.2, 0) is 24.2 Å². The van der Waals surface area contributed by atoms with E-state index in [9.17, 15) is 9.59 Å². The van der Waals surface area contributed by atoms with Crippen LogP contribution < -0.4 is 5.56 Å². The molecule has 4 heteroatoms. The number of rotatable bonds is 4. The molecule has 0 bridgehead atoms. The predicted molar refractivity (Wildman–Crippen MR) is 69.7 cm³/mol. The largest absolute Gasteiger partial charge is 0.478 e. The summed E-state index contributed by atoms with van der Waals surface area (Å²) in [5.41, 5.74) is 2.73. The van der Waals surface area contributed by atoms with Crippen molar-refractivity contribution in [1.82, 2.24) is 4.57 Å². The Morgan fingerprint density at radius 2 is 2.28 bits per heavy atom. The maximum Gasteiger partial charge on any atom is 0.328 e. The Labute approximate surface area is 106 Å². The first kappa shape index (κ1) is 12.6. The lowest BCUT2D eigenvalue weighted by Crippen LogP contribution is -2.25. The molecule has 0 unspecified atom stereocenters. The molecule has 1 aromatic heterocycles. The fourth-order valence-corrected chi connectivity index (χ4v) is 2.48. The summed E-state index contributed by atoms with van der Waals surface area (Å²) < 4.78 is 1.81. The summed E-state index contributed by atoms with van der Waals surface area (Å²) in [5, 5.41) is 8.64. The lowest BCUT2D eigenvalue weighted by atomic mass is 10.1. The molecule has 0 saturated carbocycles. The molecule has 0 saturated heterocycles. The van der Waals surface area contributed by atoms with E-state index in [1.165, 1.54) is 11.6 Å². The van der Waals surface area contributed by atoms with Crippen LogP contribution in [-0.4, -0.2) is 15.6 Å². The molecule has 2 rings (SSSR count). The molecule has 1 aromatic rings. The van der Waals surface area contributed by atoms with Crippen LogP contribution in [0.15, 0.2) is 16.9 Å².